The Kier molecular flexibility index (Phi) is 2.96. The first-order valence-electron chi connectivity index (χ1n) is 5.59. The lowest BCUT2D eigenvalue weighted by Crippen LogP contribution is -2.41. The summed E-state index contributed by atoms with van der Waals surface area (Å²) in [5.74, 6) is 0.751. The second kappa shape index (κ2) is 4.25. The van der Waals surface area contributed by atoms with Gasteiger partial charge in [-0.1, -0.05) is 5.16 Å². The first kappa shape index (κ1) is 11.1. The summed E-state index contributed by atoms with van der Waals surface area (Å²) in [6, 6.07) is 1.45. The molecule has 1 unspecified atom stereocenters. The van der Waals surface area contributed by atoms with Gasteiger partial charge in [0.1, 0.15) is 0 Å². The van der Waals surface area contributed by atoms with Crippen LogP contribution >= 0.6 is 0 Å². The summed E-state index contributed by atoms with van der Waals surface area (Å²) in [6.07, 6.45) is 1.91. The summed E-state index contributed by atoms with van der Waals surface area (Å²) in [7, 11) is 0. The molecule has 1 saturated heterocycles. The van der Waals surface area contributed by atoms with Crippen LogP contribution in [0.3, 0.4) is 0 Å². The molecule has 2 atom stereocenters. The van der Waals surface area contributed by atoms with Crippen molar-refractivity contribution >= 4 is 5.91 Å². The number of likely N-dealkylation sites (tertiary alicyclic amines) is 1. The quantitative estimate of drug-likeness (QED) is 0.811. The third kappa shape index (κ3) is 1.95. The van der Waals surface area contributed by atoms with Gasteiger partial charge in [-0.2, -0.15) is 0 Å². The van der Waals surface area contributed by atoms with E-state index in [-0.39, 0.29) is 11.9 Å². The first-order valence-corrected chi connectivity index (χ1v) is 5.59. The Hall–Kier alpha value is -1.36. The van der Waals surface area contributed by atoms with Gasteiger partial charge in [0.2, 0.25) is 5.91 Å². The van der Waals surface area contributed by atoms with E-state index in [2.05, 4.69) is 5.16 Å². The molecule has 0 aliphatic carbocycles. The maximum atomic E-state index is 11.9. The molecule has 2 N–H and O–H groups in total. The number of aryl methyl sites for hydroxylation is 1. The zero-order valence-electron chi connectivity index (χ0n) is 9.64. The Labute approximate surface area is 94.6 Å². The van der Waals surface area contributed by atoms with Crippen molar-refractivity contribution in [2.45, 2.75) is 38.8 Å². The SMILES string of the molecule is Cc1cc(C2CCCN2C(=O)[C@H](C)N)on1. The number of amides is 1. The van der Waals surface area contributed by atoms with Crippen LogP contribution in [0.15, 0.2) is 10.6 Å². The highest BCUT2D eigenvalue weighted by Gasteiger charge is 2.33. The number of nitrogens with two attached hydrogens (primary N) is 1. The molecule has 16 heavy (non-hydrogen) atoms. The Morgan fingerprint density at radius 3 is 3.06 bits per heavy atom. The maximum Gasteiger partial charge on any atom is 0.239 e. The van der Waals surface area contributed by atoms with E-state index in [0.29, 0.717) is 0 Å². The molecule has 2 heterocycles. The molecule has 0 saturated carbocycles. The number of hydrogen-bond acceptors (Lipinski definition) is 4. The number of aromatic nitrogens is 1. The molecule has 0 aromatic carbocycles. The normalized spacial score (nSPS) is 22.4. The lowest BCUT2D eigenvalue weighted by molar-refractivity contribution is -0.133. The first-order chi connectivity index (χ1) is 7.59. The largest absolute Gasteiger partial charge is 0.359 e. The van der Waals surface area contributed by atoms with E-state index >= 15 is 0 Å². The van der Waals surface area contributed by atoms with Crippen molar-refractivity contribution in [3.05, 3.63) is 17.5 Å². The fraction of sp³-hybridized carbons (Fsp3) is 0.636. The summed E-state index contributed by atoms with van der Waals surface area (Å²) in [5.41, 5.74) is 6.47. The minimum absolute atomic E-state index is 0.0136. The zero-order valence-corrected chi connectivity index (χ0v) is 9.64. The van der Waals surface area contributed by atoms with Gasteiger partial charge >= 0.3 is 0 Å². The van der Waals surface area contributed by atoms with Gasteiger partial charge in [-0.05, 0) is 26.7 Å². The molecular formula is C11H17N3O2. The van der Waals surface area contributed by atoms with Crippen LogP contribution in [0.5, 0.6) is 0 Å². The van der Waals surface area contributed by atoms with E-state index in [0.717, 1.165) is 30.8 Å². The maximum absolute atomic E-state index is 11.9. The number of rotatable bonds is 2. The predicted molar refractivity (Wildman–Crippen MR) is 58.6 cm³/mol. The van der Waals surface area contributed by atoms with Gasteiger partial charge in [0, 0.05) is 12.6 Å². The molecule has 0 radical (unpaired) electrons. The Morgan fingerprint density at radius 1 is 1.75 bits per heavy atom. The average Bonchev–Trinajstić information content (AvgIpc) is 2.83. The van der Waals surface area contributed by atoms with Crippen LogP contribution < -0.4 is 5.73 Å². The second-order valence-electron chi connectivity index (χ2n) is 4.35. The van der Waals surface area contributed by atoms with E-state index in [1.165, 1.54) is 0 Å². The molecule has 0 bridgehead atoms. The van der Waals surface area contributed by atoms with E-state index in [4.69, 9.17) is 10.3 Å². The van der Waals surface area contributed by atoms with E-state index in [9.17, 15) is 4.79 Å². The highest BCUT2D eigenvalue weighted by atomic mass is 16.5. The monoisotopic (exact) mass is 223 g/mol. The average molecular weight is 223 g/mol. The van der Waals surface area contributed by atoms with Crippen molar-refractivity contribution < 1.29 is 9.32 Å². The molecular weight excluding hydrogens is 206 g/mol. The van der Waals surface area contributed by atoms with Gasteiger partial charge in [-0.3, -0.25) is 4.79 Å². The Morgan fingerprint density at radius 2 is 2.50 bits per heavy atom. The molecule has 1 aromatic heterocycles. The van der Waals surface area contributed by atoms with Gasteiger partial charge in [-0.25, -0.2) is 0 Å². The van der Waals surface area contributed by atoms with E-state index in [1.807, 2.05) is 13.0 Å². The highest BCUT2D eigenvalue weighted by Crippen LogP contribution is 2.32. The number of nitrogens with zero attached hydrogens (tertiary/aromatic N) is 2. The lowest BCUT2D eigenvalue weighted by Gasteiger charge is -2.24. The molecule has 0 spiro atoms. The molecule has 1 aromatic rings. The molecule has 88 valence electrons. The number of carbonyl (C=O) groups excluding carboxylic acids is 1. The standard InChI is InChI=1S/C11H17N3O2/c1-7-6-10(16-13-7)9-4-3-5-14(9)11(15)8(2)12/h6,8-9H,3-5,12H2,1-2H3/t8-,9?/m0/s1. The smallest absolute Gasteiger partial charge is 0.239 e. The van der Waals surface area contributed by atoms with Gasteiger partial charge < -0.3 is 15.2 Å². The van der Waals surface area contributed by atoms with Crippen LogP contribution in [0.25, 0.3) is 0 Å². The van der Waals surface area contributed by atoms with Crippen molar-refractivity contribution in [2.75, 3.05) is 6.54 Å². The highest BCUT2D eigenvalue weighted by molar-refractivity contribution is 5.81. The Balaban J connectivity index is 2.18. The molecule has 1 amide bonds. The van der Waals surface area contributed by atoms with Gasteiger partial charge in [-0.15, -0.1) is 0 Å². The predicted octanol–water partition coefficient (Wildman–Crippen LogP) is 0.994. The third-order valence-corrected chi connectivity index (χ3v) is 2.90. The summed E-state index contributed by atoms with van der Waals surface area (Å²) in [4.78, 5) is 13.7. The van der Waals surface area contributed by atoms with E-state index < -0.39 is 6.04 Å². The molecule has 1 fully saturated rings. The summed E-state index contributed by atoms with van der Waals surface area (Å²) >= 11 is 0. The fourth-order valence-corrected chi connectivity index (χ4v) is 2.13. The molecule has 2 rings (SSSR count). The van der Waals surface area contributed by atoms with Crippen molar-refractivity contribution in [2.24, 2.45) is 5.73 Å². The van der Waals surface area contributed by atoms with Crippen molar-refractivity contribution in [1.82, 2.24) is 10.1 Å². The summed E-state index contributed by atoms with van der Waals surface area (Å²) in [6.45, 7) is 4.34. The van der Waals surface area contributed by atoms with Crippen LogP contribution in [0.1, 0.15) is 37.3 Å². The van der Waals surface area contributed by atoms with E-state index in [1.54, 1.807) is 11.8 Å². The second-order valence-corrected chi connectivity index (χ2v) is 4.35. The fourth-order valence-electron chi connectivity index (χ4n) is 2.13. The molecule has 5 nitrogen and oxygen atoms in total. The van der Waals surface area contributed by atoms with Crippen LogP contribution in [-0.4, -0.2) is 28.6 Å². The van der Waals surface area contributed by atoms with Crippen molar-refractivity contribution in [3.63, 3.8) is 0 Å². The molecule has 1 aliphatic heterocycles. The van der Waals surface area contributed by atoms with Gasteiger partial charge in [0.05, 0.1) is 17.8 Å². The van der Waals surface area contributed by atoms with Crippen LogP contribution in [0.4, 0.5) is 0 Å². The number of carbonyl (C=O) groups is 1. The van der Waals surface area contributed by atoms with Gasteiger partial charge in [0.25, 0.3) is 0 Å². The molecule has 1 aliphatic rings. The zero-order chi connectivity index (χ0) is 11.7. The van der Waals surface area contributed by atoms with Crippen molar-refractivity contribution in [1.29, 1.82) is 0 Å². The van der Waals surface area contributed by atoms with Crippen molar-refractivity contribution in [3.8, 4) is 0 Å². The van der Waals surface area contributed by atoms with Crippen LogP contribution in [-0.2, 0) is 4.79 Å². The van der Waals surface area contributed by atoms with Crippen LogP contribution in [0, 0.1) is 6.92 Å². The van der Waals surface area contributed by atoms with Gasteiger partial charge in [0.15, 0.2) is 5.76 Å². The third-order valence-electron chi connectivity index (χ3n) is 2.90. The van der Waals surface area contributed by atoms with Crippen LogP contribution in [0.2, 0.25) is 0 Å². The summed E-state index contributed by atoms with van der Waals surface area (Å²) < 4.78 is 5.22. The lowest BCUT2D eigenvalue weighted by atomic mass is 10.1. The topological polar surface area (TPSA) is 72.4 Å². The minimum atomic E-state index is -0.454. The summed E-state index contributed by atoms with van der Waals surface area (Å²) in [5, 5.41) is 3.86. The Bertz CT molecular complexity index is 386. The number of hydrogen-bond donors (Lipinski definition) is 1. The minimum Gasteiger partial charge on any atom is -0.359 e. The molecule has 5 heteroatoms.